The number of nitrogens with one attached hydrogen (secondary N) is 1. The zero-order valence-corrected chi connectivity index (χ0v) is 18.3. The number of thiazole rings is 1. The minimum absolute atomic E-state index is 0.250. The van der Waals surface area contributed by atoms with Crippen molar-refractivity contribution in [3.8, 4) is 16.7 Å². The number of carboxylic acid groups (broad SMARTS) is 1. The molecule has 8 nitrogen and oxygen atoms in total. The maximum Gasteiger partial charge on any atom is 0.290 e. The molecule has 0 aliphatic rings. The number of carbonyl (C=O) groups is 1. The first-order valence-electron chi connectivity index (χ1n) is 10.1. The van der Waals surface area contributed by atoms with Crippen LogP contribution >= 0.6 is 11.3 Å². The molecule has 5 aromatic rings. The molecule has 0 aliphatic carbocycles. The Morgan fingerprint density at radius 3 is 2.76 bits per heavy atom. The van der Waals surface area contributed by atoms with E-state index in [0.29, 0.717) is 29.7 Å². The van der Waals surface area contributed by atoms with Gasteiger partial charge in [-0.05, 0) is 36.4 Å². The summed E-state index contributed by atoms with van der Waals surface area (Å²) in [6, 6.07) is 19.5. The third-order valence-electron chi connectivity index (χ3n) is 4.58. The first-order valence-corrected chi connectivity index (χ1v) is 10.9. The van der Waals surface area contributed by atoms with E-state index in [0.717, 1.165) is 33.5 Å². The van der Waals surface area contributed by atoms with Crippen molar-refractivity contribution in [3.63, 3.8) is 0 Å². The van der Waals surface area contributed by atoms with E-state index in [4.69, 9.17) is 23.8 Å². The van der Waals surface area contributed by atoms with Gasteiger partial charge in [-0.3, -0.25) is 4.79 Å². The second-order valence-corrected chi connectivity index (χ2v) is 7.76. The Balaban J connectivity index is 0.000000821. The molecule has 0 saturated carbocycles. The third kappa shape index (κ3) is 5.85. The molecular formula is C24H21N3O5S. The van der Waals surface area contributed by atoms with Gasteiger partial charge in [-0.25, -0.2) is 4.98 Å². The van der Waals surface area contributed by atoms with Gasteiger partial charge in [-0.15, -0.1) is 0 Å². The summed E-state index contributed by atoms with van der Waals surface area (Å²) in [5.74, 6) is 1.57. The third-order valence-corrected chi connectivity index (χ3v) is 5.47. The van der Waals surface area contributed by atoms with Crippen LogP contribution in [0, 0.1) is 0 Å². The highest BCUT2D eigenvalue weighted by molar-refractivity contribution is 7.20. The summed E-state index contributed by atoms with van der Waals surface area (Å²) in [6.07, 6.45) is 3.51. The molecule has 0 radical (unpaired) electrons. The minimum atomic E-state index is -0.250. The number of nitrogens with zero attached hydrogens (tertiary/aromatic N) is 2. The van der Waals surface area contributed by atoms with Crippen LogP contribution in [0.2, 0.25) is 0 Å². The zero-order valence-electron chi connectivity index (χ0n) is 17.5. The van der Waals surface area contributed by atoms with Crippen LogP contribution in [-0.2, 0) is 11.3 Å². The molecule has 2 aromatic carbocycles. The highest BCUT2D eigenvalue weighted by Gasteiger charge is 2.10. The van der Waals surface area contributed by atoms with Crippen LogP contribution in [0.3, 0.4) is 0 Å². The molecule has 3 heterocycles. The average molecular weight is 464 g/mol. The molecule has 0 spiro atoms. The molecule has 33 heavy (non-hydrogen) atoms. The molecule has 3 aromatic heterocycles. The number of fused-ring (bicyclic) bond motifs is 2. The second kappa shape index (κ2) is 11.1. The summed E-state index contributed by atoms with van der Waals surface area (Å²) in [6.45, 7) is 1.80. The van der Waals surface area contributed by atoms with E-state index < -0.39 is 0 Å². The SMILES string of the molecule is O=CO.c1ccc(OCCNCc2coc3cc(Oc4nc5ncccc5s4)ccc23)cc1. The molecule has 0 bridgehead atoms. The van der Waals surface area contributed by atoms with Gasteiger partial charge in [0.1, 0.15) is 23.7 Å². The highest BCUT2D eigenvalue weighted by Crippen LogP contribution is 2.32. The fourth-order valence-electron chi connectivity index (χ4n) is 3.14. The Kier molecular flexibility index (Phi) is 7.47. The van der Waals surface area contributed by atoms with Crippen molar-refractivity contribution >= 4 is 39.1 Å². The van der Waals surface area contributed by atoms with Gasteiger partial charge in [0, 0.05) is 36.3 Å². The molecule has 5 rings (SSSR count). The lowest BCUT2D eigenvalue weighted by atomic mass is 10.1. The van der Waals surface area contributed by atoms with Crippen LogP contribution in [0.25, 0.3) is 21.3 Å². The lowest BCUT2D eigenvalue weighted by molar-refractivity contribution is -0.122. The van der Waals surface area contributed by atoms with Crippen molar-refractivity contribution in [2.45, 2.75) is 6.54 Å². The standard InChI is InChI=1S/C23H19N3O3S.CH2O2/c1-2-5-17(6-3-1)27-12-11-24-14-16-15-28-20-13-18(8-9-19(16)20)29-23-26-22-21(30-23)7-4-10-25-22;2-1-3/h1-10,13,15,24H,11-12,14H2;1H,(H,2,3). The largest absolute Gasteiger partial charge is 0.492 e. The average Bonchev–Trinajstić information content (AvgIpc) is 3.43. The summed E-state index contributed by atoms with van der Waals surface area (Å²) >= 11 is 1.47. The van der Waals surface area contributed by atoms with Crippen LogP contribution in [0.5, 0.6) is 16.7 Å². The van der Waals surface area contributed by atoms with Crippen molar-refractivity contribution in [1.82, 2.24) is 15.3 Å². The summed E-state index contributed by atoms with van der Waals surface area (Å²) in [4.78, 5) is 17.0. The fraction of sp³-hybridized carbons (Fsp3) is 0.125. The molecule has 0 saturated heterocycles. The predicted octanol–water partition coefficient (Wildman–Crippen LogP) is 5.10. The molecule has 0 fully saturated rings. The number of hydrogen-bond donors (Lipinski definition) is 2. The molecular weight excluding hydrogens is 442 g/mol. The van der Waals surface area contributed by atoms with E-state index in [9.17, 15) is 0 Å². The number of hydrogen-bond acceptors (Lipinski definition) is 8. The van der Waals surface area contributed by atoms with Gasteiger partial charge in [-0.2, -0.15) is 4.98 Å². The Morgan fingerprint density at radius 2 is 1.94 bits per heavy atom. The fourth-order valence-corrected chi connectivity index (χ4v) is 3.93. The van der Waals surface area contributed by atoms with E-state index in [2.05, 4.69) is 15.3 Å². The first kappa shape index (κ1) is 22.3. The van der Waals surface area contributed by atoms with Crippen molar-refractivity contribution < 1.29 is 23.8 Å². The van der Waals surface area contributed by atoms with E-state index in [1.54, 1.807) is 12.5 Å². The van der Waals surface area contributed by atoms with Crippen LogP contribution in [0.1, 0.15) is 5.56 Å². The summed E-state index contributed by atoms with van der Waals surface area (Å²) < 4.78 is 18.3. The van der Waals surface area contributed by atoms with Gasteiger partial charge < -0.3 is 24.3 Å². The van der Waals surface area contributed by atoms with Crippen LogP contribution < -0.4 is 14.8 Å². The molecule has 0 amide bonds. The molecule has 0 atom stereocenters. The van der Waals surface area contributed by atoms with Gasteiger partial charge >= 0.3 is 0 Å². The van der Waals surface area contributed by atoms with Gasteiger partial charge in [-0.1, -0.05) is 29.5 Å². The lowest BCUT2D eigenvalue weighted by Gasteiger charge is -2.07. The number of aromatic nitrogens is 2. The van der Waals surface area contributed by atoms with Crippen molar-refractivity contribution in [1.29, 1.82) is 0 Å². The van der Waals surface area contributed by atoms with E-state index >= 15 is 0 Å². The Labute approximate surface area is 193 Å². The summed E-state index contributed by atoms with van der Waals surface area (Å²) in [5.41, 5.74) is 2.57. The van der Waals surface area contributed by atoms with Crippen molar-refractivity contribution in [2.75, 3.05) is 13.2 Å². The van der Waals surface area contributed by atoms with Gasteiger partial charge in [0.15, 0.2) is 5.65 Å². The van der Waals surface area contributed by atoms with Crippen molar-refractivity contribution in [2.24, 2.45) is 0 Å². The maximum atomic E-state index is 8.36. The molecule has 2 N–H and O–H groups in total. The monoisotopic (exact) mass is 463 g/mol. The van der Waals surface area contributed by atoms with Gasteiger partial charge in [0.25, 0.3) is 11.7 Å². The molecule has 0 aliphatic heterocycles. The van der Waals surface area contributed by atoms with Crippen LogP contribution in [0.4, 0.5) is 0 Å². The van der Waals surface area contributed by atoms with E-state index in [1.807, 2.05) is 60.7 Å². The highest BCUT2D eigenvalue weighted by atomic mass is 32.1. The lowest BCUT2D eigenvalue weighted by Crippen LogP contribution is -2.20. The Bertz CT molecular complexity index is 1290. The number of rotatable bonds is 8. The smallest absolute Gasteiger partial charge is 0.290 e. The topological polar surface area (TPSA) is 107 Å². The summed E-state index contributed by atoms with van der Waals surface area (Å²) in [5, 5.41) is 11.9. The number of pyridine rings is 1. The maximum absolute atomic E-state index is 8.36. The molecule has 0 unspecified atom stereocenters. The molecule has 168 valence electrons. The number of para-hydroxylation sites is 1. The number of ether oxygens (including phenoxy) is 2. The number of benzene rings is 2. The zero-order chi connectivity index (χ0) is 22.9. The normalized spacial score (nSPS) is 10.5. The minimum Gasteiger partial charge on any atom is -0.492 e. The second-order valence-electron chi connectivity index (χ2n) is 6.77. The van der Waals surface area contributed by atoms with E-state index in [1.165, 1.54) is 11.3 Å². The van der Waals surface area contributed by atoms with Gasteiger partial charge in [0.2, 0.25) is 0 Å². The Morgan fingerprint density at radius 1 is 1.09 bits per heavy atom. The quantitative estimate of drug-likeness (QED) is 0.242. The van der Waals surface area contributed by atoms with Crippen LogP contribution in [0.15, 0.2) is 77.5 Å². The summed E-state index contributed by atoms with van der Waals surface area (Å²) in [7, 11) is 0. The van der Waals surface area contributed by atoms with Gasteiger partial charge in [0.05, 0.1) is 11.0 Å². The molecule has 9 heteroatoms. The van der Waals surface area contributed by atoms with E-state index in [-0.39, 0.29) is 6.47 Å². The number of furan rings is 1. The first-order chi connectivity index (χ1) is 16.3. The Hall–Kier alpha value is -3.95. The predicted molar refractivity (Wildman–Crippen MR) is 126 cm³/mol. The van der Waals surface area contributed by atoms with Crippen LogP contribution in [-0.4, -0.2) is 34.7 Å². The van der Waals surface area contributed by atoms with Crippen molar-refractivity contribution in [3.05, 3.63) is 78.7 Å².